The Bertz CT molecular complexity index is 232. The maximum atomic E-state index is 11.8. The summed E-state index contributed by atoms with van der Waals surface area (Å²) in [6, 6.07) is -0.319. The first-order chi connectivity index (χ1) is 8.65. The molecule has 0 aliphatic rings. The van der Waals surface area contributed by atoms with Crippen molar-refractivity contribution < 1.29 is 9.59 Å². The number of hydrogen-bond acceptors (Lipinski definition) is 3. The van der Waals surface area contributed by atoms with E-state index in [0.717, 1.165) is 51.2 Å². The van der Waals surface area contributed by atoms with E-state index in [0.29, 0.717) is 6.54 Å². The topological polar surface area (TPSA) is 72.2 Å². The highest BCUT2D eigenvalue weighted by Crippen LogP contribution is 2.09. The van der Waals surface area contributed by atoms with Crippen molar-refractivity contribution in [3.05, 3.63) is 0 Å². The van der Waals surface area contributed by atoms with Crippen LogP contribution in [-0.2, 0) is 9.59 Å². The lowest BCUT2D eigenvalue weighted by Gasteiger charge is -2.16. The van der Waals surface area contributed by atoms with E-state index in [9.17, 15) is 9.59 Å². The normalized spacial score (nSPS) is 13.9. The molecule has 106 valence electrons. The zero-order valence-electron chi connectivity index (χ0n) is 11.8. The van der Waals surface area contributed by atoms with E-state index >= 15 is 0 Å². The first-order valence-corrected chi connectivity index (χ1v) is 7.11. The first-order valence-electron chi connectivity index (χ1n) is 7.11. The van der Waals surface area contributed by atoms with Crippen molar-refractivity contribution in [2.24, 2.45) is 11.7 Å². The van der Waals surface area contributed by atoms with Crippen molar-refractivity contribution in [1.29, 1.82) is 0 Å². The van der Waals surface area contributed by atoms with Crippen LogP contribution in [0.15, 0.2) is 0 Å². The fraction of sp³-hybridized carbons (Fsp3) is 0.857. The van der Waals surface area contributed by atoms with Crippen molar-refractivity contribution >= 4 is 12.2 Å². The summed E-state index contributed by atoms with van der Waals surface area (Å²) in [5, 5.41) is 2.81. The summed E-state index contributed by atoms with van der Waals surface area (Å²) in [6.45, 7) is 4.69. The number of carbonyl (C=O) groups excluding carboxylic acids is 2. The van der Waals surface area contributed by atoms with Gasteiger partial charge in [-0.15, -0.1) is 0 Å². The number of amides is 1. The van der Waals surface area contributed by atoms with Gasteiger partial charge in [0, 0.05) is 5.92 Å². The van der Waals surface area contributed by atoms with Crippen LogP contribution in [-0.4, -0.2) is 24.8 Å². The average Bonchev–Trinajstić information content (AvgIpc) is 2.37. The molecule has 4 nitrogen and oxygen atoms in total. The number of hydrogen-bond donors (Lipinski definition) is 2. The van der Waals surface area contributed by atoms with Gasteiger partial charge in [0.1, 0.15) is 6.29 Å². The summed E-state index contributed by atoms with van der Waals surface area (Å²) in [5.41, 5.74) is 5.41. The number of nitrogens with two attached hydrogens (primary N) is 1. The Hall–Kier alpha value is -0.900. The van der Waals surface area contributed by atoms with Crippen LogP contribution in [0, 0.1) is 5.92 Å². The van der Waals surface area contributed by atoms with Gasteiger partial charge in [0.15, 0.2) is 0 Å². The molecule has 0 spiro atoms. The lowest BCUT2D eigenvalue weighted by atomic mass is 10.0. The van der Waals surface area contributed by atoms with E-state index in [1.807, 2.05) is 6.92 Å². The van der Waals surface area contributed by atoms with Crippen LogP contribution in [0.5, 0.6) is 0 Å². The largest absolute Gasteiger partial charge is 0.346 e. The lowest BCUT2D eigenvalue weighted by Crippen LogP contribution is -2.39. The van der Waals surface area contributed by atoms with Gasteiger partial charge >= 0.3 is 0 Å². The van der Waals surface area contributed by atoms with Gasteiger partial charge in [-0.3, -0.25) is 4.79 Å². The molecule has 0 radical (unpaired) electrons. The number of rotatable bonds is 11. The molecule has 0 saturated carbocycles. The predicted octanol–water partition coefficient (Wildman–Crippen LogP) is 2.02. The summed E-state index contributed by atoms with van der Waals surface area (Å²) >= 11 is 0. The van der Waals surface area contributed by atoms with Crippen LogP contribution < -0.4 is 11.1 Å². The number of nitrogens with one attached hydrogen (secondary N) is 1. The third-order valence-corrected chi connectivity index (χ3v) is 3.15. The van der Waals surface area contributed by atoms with E-state index in [-0.39, 0.29) is 17.9 Å². The molecule has 2 unspecified atom stereocenters. The van der Waals surface area contributed by atoms with Crippen molar-refractivity contribution in [2.45, 2.75) is 64.8 Å². The first kappa shape index (κ1) is 17.1. The molecule has 18 heavy (non-hydrogen) atoms. The Morgan fingerprint density at radius 1 is 1.22 bits per heavy atom. The molecule has 0 aromatic heterocycles. The highest BCUT2D eigenvalue weighted by atomic mass is 16.2. The Morgan fingerprint density at radius 2 is 1.89 bits per heavy atom. The van der Waals surface area contributed by atoms with Gasteiger partial charge < -0.3 is 15.8 Å². The van der Waals surface area contributed by atoms with Gasteiger partial charge in [0.05, 0.1) is 6.04 Å². The molecule has 0 saturated heterocycles. The molecular weight excluding hydrogens is 228 g/mol. The van der Waals surface area contributed by atoms with Crippen LogP contribution in [0.3, 0.4) is 0 Å². The Kier molecular flexibility index (Phi) is 10.6. The molecule has 0 aliphatic heterocycles. The molecule has 1 amide bonds. The molecule has 0 aliphatic carbocycles. The van der Waals surface area contributed by atoms with E-state index in [4.69, 9.17) is 5.73 Å². The monoisotopic (exact) mass is 256 g/mol. The van der Waals surface area contributed by atoms with Crippen LogP contribution in [0.1, 0.15) is 58.8 Å². The van der Waals surface area contributed by atoms with Crippen molar-refractivity contribution in [3.8, 4) is 0 Å². The van der Waals surface area contributed by atoms with Gasteiger partial charge in [-0.25, -0.2) is 0 Å². The number of aldehydes is 1. The Morgan fingerprint density at radius 3 is 2.44 bits per heavy atom. The van der Waals surface area contributed by atoms with Gasteiger partial charge in [-0.2, -0.15) is 0 Å². The average molecular weight is 256 g/mol. The molecule has 4 heteroatoms. The molecule has 0 rings (SSSR count). The van der Waals surface area contributed by atoms with E-state index in [1.165, 1.54) is 0 Å². The van der Waals surface area contributed by atoms with E-state index in [1.54, 1.807) is 0 Å². The molecule has 3 N–H and O–H groups in total. The van der Waals surface area contributed by atoms with Gasteiger partial charge in [-0.1, -0.05) is 39.5 Å². The van der Waals surface area contributed by atoms with E-state index in [2.05, 4.69) is 12.2 Å². The molecular formula is C14H28N2O2. The molecule has 0 aromatic carbocycles. The highest BCUT2D eigenvalue weighted by Gasteiger charge is 2.16. The second-order valence-electron chi connectivity index (χ2n) is 4.93. The summed E-state index contributed by atoms with van der Waals surface area (Å²) in [5.74, 6) is -0.0502. The van der Waals surface area contributed by atoms with Gasteiger partial charge in [-0.05, 0) is 25.8 Å². The van der Waals surface area contributed by atoms with E-state index < -0.39 is 0 Å². The Balaban J connectivity index is 3.89. The third-order valence-electron chi connectivity index (χ3n) is 3.15. The molecule has 0 bridgehead atoms. The summed E-state index contributed by atoms with van der Waals surface area (Å²) in [4.78, 5) is 22.7. The summed E-state index contributed by atoms with van der Waals surface area (Å²) in [7, 11) is 0. The molecule has 0 fully saturated rings. The molecule has 0 aromatic rings. The van der Waals surface area contributed by atoms with Crippen molar-refractivity contribution in [2.75, 3.05) is 6.54 Å². The van der Waals surface area contributed by atoms with Gasteiger partial charge in [0.25, 0.3) is 0 Å². The SMILES string of the molecule is CCCCCC(C=O)NC(=O)C(C)CCCCN. The van der Waals surface area contributed by atoms with Crippen molar-refractivity contribution in [3.63, 3.8) is 0 Å². The second kappa shape index (κ2) is 11.2. The van der Waals surface area contributed by atoms with Crippen LogP contribution in [0.4, 0.5) is 0 Å². The molecule has 2 atom stereocenters. The minimum absolute atomic E-state index is 0.0133. The zero-order valence-corrected chi connectivity index (χ0v) is 11.8. The van der Waals surface area contributed by atoms with Crippen LogP contribution in [0.25, 0.3) is 0 Å². The maximum Gasteiger partial charge on any atom is 0.223 e. The standard InChI is InChI=1S/C14H28N2O2/c1-3-4-5-9-13(11-17)16-14(18)12(2)8-6-7-10-15/h11-13H,3-10,15H2,1-2H3,(H,16,18). The predicted molar refractivity (Wildman–Crippen MR) is 74.2 cm³/mol. The minimum Gasteiger partial charge on any atom is -0.346 e. The van der Waals surface area contributed by atoms with Gasteiger partial charge in [0.2, 0.25) is 5.91 Å². The smallest absolute Gasteiger partial charge is 0.223 e. The summed E-state index contributed by atoms with van der Waals surface area (Å²) in [6.07, 6.45) is 7.56. The fourth-order valence-electron chi connectivity index (χ4n) is 1.84. The summed E-state index contributed by atoms with van der Waals surface area (Å²) < 4.78 is 0. The van der Waals surface area contributed by atoms with Crippen LogP contribution in [0.2, 0.25) is 0 Å². The van der Waals surface area contributed by atoms with Crippen molar-refractivity contribution in [1.82, 2.24) is 5.32 Å². The minimum atomic E-state index is -0.319. The lowest BCUT2D eigenvalue weighted by molar-refractivity contribution is -0.127. The zero-order chi connectivity index (χ0) is 13.8. The fourth-order valence-corrected chi connectivity index (χ4v) is 1.84. The highest BCUT2D eigenvalue weighted by molar-refractivity contribution is 5.81. The quantitative estimate of drug-likeness (QED) is 0.439. The Labute approximate surface area is 111 Å². The number of carbonyl (C=O) groups is 2. The second-order valence-corrected chi connectivity index (χ2v) is 4.93. The van der Waals surface area contributed by atoms with Crippen LogP contribution >= 0.6 is 0 Å². The third kappa shape index (κ3) is 8.23. The number of unbranched alkanes of at least 4 members (excludes halogenated alkanes) is 3. The maximum absolute atomic E-state index is 11.8. The molecule has 0 heterocycles.